The summed E-state index contributed by atoms with van der Waals surface area (Å²) < 4.78 is 34.0. The fourth-order valence-corrected chi connectivity index (χ4v) is 5.75. The fraction of sp³-hybridized carbons (Fsp3) is 0.300. The Morgan fingerprint density at radius 3 is 2.41 bits per heavy atom. The number of fused-ring (bicyclic) bond motifs is 1. The number of likely N-dealkylation sites (tertiary alicyclic amines) is 1. The molecule has 11 heteroatoms. The summed E-state index contributed by atoms with van der Waals surface area (Å²) in [5.74, 6) is 0.280. The molecular weight excluding hydrogens is 542 g/mol. The van der Waals surface area contributed by atoms with E-state index in [1.807, 2.05) is 25.1 Å². The van der Waals surface area contributed by atoms with Crippen LogP contribution in [0.5, 0.6) is 0 Å². The number of imidazole rings is 1. The predicted molar refractivity (Wildman–Crippen MR) is 158 cm³/mol. The minimum atomic E-state index is -3.80. The minimum Gasteiger partial charge on any atom is -0.444 e. The summed E-state index contributed by atoms with van der Waals surface area (Å²) in [6.45, 7) is 7.76. The number of aryl methyl sites for hydroxylation is 1. The van der Waals surface area contributed by atoms with Crippen LogP contribution in [0, 0.1) is 6.92 Å². The highest BCUT2D eigenvalue weighted by Gasteiger charge is 2.36. The van der Waals surface area contributed by atoms with Crippen molar-refractivity contribution >= 4 is 44.4 Å². The molecule has 5 rings (SSSR count). The van der Waals surface area contributed by atoms with Gasteiger partial charge in [-0.25, -0.2) is 18.2 Å². The number of benzene rings is 3. The Bertz CT molecular complexity index is 1690. The van der Waals surface area contributed by atoms with Crippen molar-refractivity contribution in [1.29, 1.82) is 0 Å². The Hall–Kier alpha value is -4.38. The average molecular weight is 576 g/mol. The van der Waals surface area contributed by atoms with Gasteiger partial charge in [0.1, 0.15) is 23.0 Å². The summed E-state index contributed by atoms with van der Waals surface area (Å²) in [5.41, 5.74) is 3.18. The molecule has 3 N–H and O–H groups in total. The average Bonchev–Trinajstić information content (AvgIpc) is 3.57. The molecule has 1 fully saturated rings. The van der Waals surface area contributed by atoms with Crippen molar-refractivity contribution in [3.63, 3.8) is 0 Å². The largest absolute Gasteiger partial charge is 0.444 e. The van der Waals surface area contributed by atoms with Crippen molar-refractivity contribution < 1.29 is 22.7 Å². The predicted octanol–water partition coefficient (Wildman–Crippen LogP) is 5.68. The molecule has 214 valence electrons. The second kappa shape index (κ2) is 10.9. The van der Waals surface area contributed by atoms with Crippen molar-refractivity contribution in [3.8, 4) is 11.4 Å². The lowest BCUT2D eigenvalue weighted by atomic mass is 10.1. The molecule has 10 nitrogen and oxygen atoms in total. The Morgan fingerprint density at radius 1 is 1.02 bits per heavy atom. The molecule has 41 heavy (non-hydrogen) atoms. The first-order valence-corrected chi connectivity index (χ1v) is 14.9. The van der Waals surface area contributed by atoms with E-state index in [0.717, 1.165) is 17.5 Å². The first kappa shape index (κ1) is 28.2. The van der Waals surface area contributed by atoms with Gasteiger partial charge < -0.3 is 15.0 Å². The number of carbonyl (C=O) groups excluding carboxylic acids is 2. The first-order chi connectivity index (χ1) is 19.4. The number of hydrogen-bond acceptors (Lipinski definition) is 6. The van der Waals surface area contributed by atoms with Gasteiger partial charge in [-0.15, -0.1) is 0 Å². The van der Waals surface area contributed by atoms with Crippen molar-refractivity contribution in [2.24, 2.45) is 0 Å². The van der Waals surface area contributed by atoms with Gasteiger partial charge in [-0.05, 0) is 89.1 Å². The Balaban J connectivity index is 1.30. The molecule has 2 amide bonds. The fourth-order valence-electron chi connectivity index (χ4n) is 4.69. The molecule has 0 bridgehead atoms. The van der Waals surface area contributed by atoms with E-state index in [-0.39, 0.29) is 10.8 Å². The molecule has 0 spiro atoms. The second-order valence-electron chi connectivity index (χ2n) is 11.1. The van der Waals surface area contributed by atoms with E-state index >= 15 is 0 Å². The normalized spacial score (nSPS) is 15.6. The minimum absolute atomic E-state index is 0.167. The van der Waals surface area contributed by atoms with Gasteiger partial charge in [-0.2, -0.15) is 0 Å². The van der Waals surface area contributed by atoms with Gasteiger partial charge in [0, 0.05) is 17.8 Å². The highest BCUT2D eigenvalue weighted by Crippen LogP contribution is 2.29. The van der Waals surface area contributed by atoms with Crippen molar-refractivity contribution in [2.75, 3.05) is 16.6 Å². The molecule has 4 aromatic rings. The van der Waals surface area contributed by atoms with Crippen molar-refractivity contribution in [1.82, 2.24) is 14.9 Å². The summed E-state index contributed by atoms with van der Waals surface area (Å²) >= 11 is 0. The van der Waals surface area contributed by atoms with Gasteiger partial charge in [-0.3, -0.25) is 14.4 Å². The third kappa shape index (κ3) is 6.35. The molecule has 1 atom stereocenters. The number of carbonyl (C=O) groups is 2. The summed E-state index contributed by atoms with van der Waals surface area (Å²) in [5, 5.41) is 2.89. The number of H-pyrrole nitrogens is 1. The van der Waals surface area contributed by atoms with Gasteiger partial charge in [0.05, 0.1) is 16.1 Å². The van der Waals surface area contributed by atoms with Crippen LogP contribution in [0.2, 0.25) is 0 Å². The first-order valence-electron chi connectivity index (χ1n) is 13.4. The van der Waals surface area contributed by atoms with E-state index in [1.165, 1.54) is 4.90 Å². The van der Waals surface area contributed by atoms with E-state index in [4.69, 9.17) is 4.74 Å². The number of para-hydroxylation sites is 1. The van der Waals surface area contributed by atoms with Crippen LogP contribution in [0.3, 0.4) is 0 Å². The van der Waals surface area contributed by atoms with Crippen LogP contribution in [-0.2, 0) is 19.6 Å². The van der Waals surface area contributed by atoms with Gasteiger partial charge >= 0.3 is 6.09 Å². The van der Waals surface area contributed by atoms with Gasteiger partial charge in [0.25, 0.3) is 10.0 Å². The van der Waals surface area contributed by atoms with Gasteiger partial charge in [0.2, 0.25) is 5.91 Å². The zero-order valence-electron chi connectivity index (χ0n) is 23.4. The summed E-state index contributed by atoms with van der Waals surface area (Å²) in [7, 11) is -3.80. The van der Waals surface area contributed by atoms with E-state index < -0.39 is 27.8 Å². The van der Waals surface area contributed by atoms with Crippen LogP contribution in [-0.4, -0.2) is 53.5 Å². The molecule has 0 unspecified atom stereocenters. The molecule has 3 aromatic carbocycles. The molecule has 1 saturated heterocycles. The summed E-state index contributed by atoms with van der Waals surface area (Å²) in [6, 6.07) is 18.4. The molecule has 0 aliphatic carbocycles. The second-order valence-corrected chi connectivity index (χ2v) is 12.8. The van der Waals surface area contributed by atoms with E-state index in [9.17, 15) is 18.0 Å². The van der Waals surface area contributed by atoms with Crippen LogP contribution in [0.15, 0.2) is 71.6 Å². The summed E-state index contributed by atoms with van der Waals surface area (Å²) in [6.07, 6.45) is 0.805. The molecule has 1 aliphatic rings. The Kier molecular flexibility index (Phi) is 7.48. The SMILES string of the molecule is Cc1ccc(S(=O)(=O)Nc2cccc3[nH]c(-c4ccc(NC(=O)[C@@H]5CCCN5C(=O)OC(C)(C)C)cc4)nc23)cc1. The van der Waals surface area contributed by atoms with Gasteiger partial charge in [0.15, 0.2) is 0 Å². The zero-order chi connectivity index (χ0) is 29.4. The van der Waals surface area contributed by atoms with Crippen molar-refractivity contribution in [2.45, 2.75) is 57.1 Å². The lowest BCUT2D eigenvalue weighted by molar-refractivity contribution is -0.120. The maximum atomic E-state index is 13.0. The summed E-state index contributed by atoms with van der Waals surface area (Å²) in [4.78, 5) is 35.1. The molecule has 0 radical (unpaired) electrons. The Labute approximate surface area is 239 Å². The Morgan fingerprint density at radius 2 is 1.73 bits per heavy atom. The number of aromatic nitrogens is 2. The number of nitrogens with zero attached hydrogens (tertiary/aromatic N) is 2. The lowest BCUT2D eigenvalue weighted by Gasteiger charge is -2.28. The molecule has 0 saturated carbocycles. The number of hydrogen-bond donors (Lipinski definition) is 3. The number of aromatic amines is 1. The number of rotatable bonds is 6. The third-order valence-corrected chi connectivity index (χ3v) is 8.08. The third-order valence-electron chi connectivity index (χ3n) is 6.70. The van der Waals surface area contributed by atoms with Crippen LogP contribution >= 0.6 is 0 Å². The van der Waals surface area contributed by atoms with Crippen LogP contribution in [0.4, 0.5) is 16.2 Å². The number of ether oxygens (including phenoxy) is 1. The quantitative estimate of drug-likeness (QED) is 0.271. The van der Waals surface area contributed by atoms with Crippen LogP contribution in [0.1, 0.15) is 39.2 Å². The molecule has 1 aliphatic heterocycles. The zero-order valence-corrected chi connectivity index (χ0v) is 24.2. The number of anilines is 2. The number of amides is 2. The molecule has 1 aromatic heterocycles. The topological polar surface area (TPSA) is 133 Å². The molecular formula is C30H33N5O5S. The van der Waals surface area contributed by atoms with Crippen LogP contribution in [0.25, 0.3) is 22.4 Å². The van der Waals surface area contributed by atoms with E-state index in [2.05, 4.69) is 20.0 Å². The maximum absolute atomic E-state index is 13.0. The maximum Gasteiger partial charge on any atom is 0.410 e. The smallest absolute Gasteiger partial charge is 0.410 e. The lowest BCUT2D eigenvalue weighted by Crippen LogP contribution is -2.45. The van der Waals surface area contributed by atoms with E-state index in [1.54, 1.807) is 69.3 Å². The highest BCUT2D eigenvalue weighted by molar-refractivity contribution is 7.92. The molecule has 2 heterocycles. The number of sulfonamides is 1. The highest BCUT2D eigenvalue weighted by atomic mass is 32.2. The monoisotopic (exact) mass is 575 g/mol. The van der Waals surface area contributed by atoms with E-state index in [0.29, 0.717) is 41.2 Å². The number of nitrogens with one attached hydrogen (secondary N) is 3. The standard InChI is InChI=1S/C30H33N5O5S/c1-19-10-16-22(17-11-19)41(38,39)34-24-8-5-7-23-26(24)33-27(32-23)20-12-14-21(15-13-20)31-28(36)25-9-6-18-35(25)29(37)40-30(2,3)4/h5,7-8,10-17,25,34H,6,9,18H2,1-4H3,(H,31,36)(H,32,33)/t25-/m0/s1. The van der Waals surface area contributed by atoms with Crippen LogP contribution < -0.4 is 10.0 Å². The van der Waals surface area contributed by atoms with Gasteiger partial charge in [-0.1, -0.05) is 23.8 Å². The van der Waals surface area contributed by atoms with Crippen molar-refractivity contribution in [3.05, 3.63) is 72.3 Å².